The summed E-state index contributed by atoms with van der Waals surface area (Å²) in [7, 11) is 0. The first-order valence-corrected chi connectivity index (χ1v) is 7.06. The lowest BCUT2D eigenvalue weighted by molar-refractivity contribution is 0.268. The Morgan fingerprint density at radius 1 is 1.13 bits per heavy atom. The summed E-state index contributed by atoms with van der Waals surface area (Å²) < 4.78 is 0. The van der Waals surface area contributed by atoms with E-state index in [1.165, 1.54) is 57.8 Å². The molecule has 2 rings (SSSR count). The van der Waals surface area contributed by atoms with Crippen molar-refractivity contribution in [2.75, 3.05) is 0 Å². The Kier molecular flexibility index (Phi) is 4.07. The number of nitrogens with two attached hydrogens (primary N) is 1. The van der Waals surface area contributed by atoms with Crippen molar-refractivity contribution in [1.29, 1.82) is 0 Å². The molecule has 0 heterocycles. The van der Waals surface area contributed by atoms with E-state index in [1.807, 2.05) is 0 Å². The van der Waals surface area contributed by atoms with Gasteiger partial charge in [-0.3, -0.25) is 0 Å². The molecule has 15 heavy (non-hydrogen) atoms. The Bertz CT molecular complexity index is 190. The average molecular weight is 209 g/mol. The molecule has 1 nitrogen and oxygen atoms in total. The summed E-state index contributed by atoms with van der Waals surface area (Å²) in [5.74, 6) is 2.96. The zero-order valence-electron chi connectivity index (χ0n) is 10.3. The van der Waals surface area contributed by atoms with Gasteiger partial charge in [0.05, 0.1) is 0 Å². The summed E-state index contributed by atoms with van der Waals surface area (Å²) >= 11 is 0. The monoisotopic (exact) mass is 209 g/mol. The van der Waals surface area contributed by atoms with Crippen molar-refractivity contribution in [1.82, 2.24) is 0 Å². The largest absolute Gasteiger partial charge is 0.327 e. The molecule has 0 saturated heterocycles. The van der Waals surface area contributed by atoms with Crippen LogP contribution in [0.3, 0.4) is 0 Å². The van der Waals surface area contributed by atoms with E-state index >= 15 is 0 Å². The first-order chi connectivity index (χ1) is 7.31. The number of hydrogen-bond acceptors (Lipinski definition) is 1. The highest BCUT2D eigenvalue weighted by atomic mass is 14.7. The normalized spacial score (nSPS) is 36.0. The van der Waals surface area contributed by atoms with Gasteiger partial charge >= 0.3 is 0 Å². The zero-order valence-corrected chi connectivity index (χ0v) is 10.3. The summed E-state index contributed by atoms with van der Waals surface area (Å²) in [6.45, 7) is 2.27. The summed E-state index contributed by atoms with van der Waals surface area (Å²) in [6.07, 6.45) is 12.7. The number of rotatable bonds is 6. The van der Waals surface area contributed by atoms with Gasteiger partial charge in [-0.05, 0) is 43.4 Å². The van der Waals surface area contributed by atoms with Gasteiger partial charge in [0.15, 0.2) is 0 Å². The maximum Gasteiger partial charge on any atom is 0.00699 e. The van der Waals surface area contributed by atoms with Gasteiger partial charge in [0.25, 0.3) is 0 Å². The lowest BCUT2D eigenvalue weighted by Crippen LogP contribution is -2.33. The Morgan fingerprint density at radius 3 is 2.60 bits per heavy atom. The molecule has 88 valence electrons. The second kappa shape index (κ2) is 5.34. The van der Waals surface area contributed by atoms with Gasteiger partial charge in [-0.15, -0.1) is 0 Å². The van der Waals surface area contributed by atoms with Crippen molar-refractivity contribution < 1.29 is 0 Å². The molecule has 2 aliphatic carbocycles. The highest BCUT2D eigenvalue weighted by molar-refractivity contribution is 4.94. The molecule has 0 aromatic carbocycles. The highest BCUT2D eigenvalue weighted by Gasteiger charge is 2.41. The van der Waals surface area contributed by atoms with Crippen molar-refractivity contribution in [3.63, 3.8) is 0 Å². The van der Waals surface area contributed by atoms with E-state index in [9.17, 15) is 0 Å². The standard InChI is InChI=1S/C14H27N/c1-2-3-4-5-6-14(15)13-10-11-7-8-12(13)9-11/h11-14H,2-10,15H2,1H3. The minimum Gasteiger partial charge on any atom is -0.327 e. The van der Waals surface area contributed by atoms with Crippen LogP contribution in [0.2, 0.25) is 0 Å². The van der Waals surface area contributed by atoms with Crippen molar-refractivity contribution in [3.8, 4) is 0 Å². The smallest absolute Gasteiger partial charge is 0.00699 e. The van der Waals surface area contributed by atoms with Crippen molar-refractivity contribution in [2.45, 2.75) is 70.8 Å². The van der Waals surface area contributed by atoms with Gasteiger partial charge in [-0.25, -0.2) is 0 Å². The topological polar surface area (TPSA) is 26.0 Å². The fourth-order valence-electron chi connectivity index (χ4n) is 3.84. The summed E-state index contributed by atoms with van der Waals surface area (Å²) in [6, 6.07) is 0.525. The Hall–Kier alpha value is -0.0400. The molecule has 2 aliphatic rings. The van der Waals surface area contributed by atoms with Crippen LogP contribution in [0.4, 0.5) is 0 Å². The van der Waals surface area contributed by atoms with E-state index in [-0.39, 0.29) is 0 Å². The lowest BCUT2D eigenvalue weighted by atomic mass is 9.82. The Labute approximate surface area is 94.8 Å². The third kappa shape index (κ3) is 2.75. The van der Waals surface area contributed by atoms with Crippen molar-refractivity contribution in [2.24, 2.45) is 23.5 Å². The second-order valence-electron chi connectivity index (χ2n) is 5.85. The van der Waals surface area contributed by atoms with Crippen LogP contribution in [0.25, 0.3) is 0 Å². The minimum atomic E-state index is 0.525. The third-order valence-corrected chi connectivity index (χ3v) is 4.73. The quantitative estimate of drug-likeness (QED) is 0.663. The molecule has 2 bridgehead atoms. The minimum absolute atomic E-state index is 0.525. The van der Waals surface area contributed by atoms with Crippen LogP contribution in [0, 0.1) is 17.8 Å². The fourth-order valence-corrected chi connectivity index (χ4v) is 3.84. The summed E-state index contributed by atoms with van der Waals surface area (Å²) in [5, 5.41) is 0. The van der Waals surface area contributed by atoms with E-state index in [4.69, 9.17) is 5.73 Å². The van der Waals surface area contributed by atoms with Crippen LogP contribution in [0.5, 0.6) is 0 Å². The molecule has 0 radical (unpaired) electrons. The number of fused-ring (bicyclic) bond motifs is 2. The van der Waals surface area contributed by atoms with Crippen LogP contribution in [0.1, 0.15) is 64.7 Å². The molecule has 2 saturated carbocycles. The molecule has 2 fully saturated rings. The van der Waals surface area contributed by atoms with E-state index < -0.39 is 0 Å². The van der Waals surface area contributed by atoms with Gasteiger partial charge in [-0.1, -0.05) is 39.0 Å². The maximum atomic E-state index is 6.35. The first-order valence-electron chi connectivity index (χ1n) is 7.06. The van der Waals surface area contributed by atoms with E-state index in [1.54, 1.807) is 0 Å². The molecule has 4 atom stereocenters. The molecular weight excluding hydrogens is 182 g/mol. The van der Waals surface area contributed by atoms with Gasteiger partial charge in [0, 0.05) is 6.04 Å². The van der Waals surface area contributed by atoms with Crippen LogP contribution in [-0.2, 0) is 0 Å². The fraction of sp³-hybridized carbons (Fsp3) is 1.00. The van der Waals surface area contributed by atoms with Gasteiger partial charge in [0.1, 0.15) is 0 Å². The van der Waals surface area contributed by atoms with Gasteiger partial charge in [-0.2, -0.15) is 0 Å². The third-order valence-electron chi connectivity index (χ3n) is 4.73. The van der Waals surface area contributed by atoms with Crippen LogP contribution >= 0.6 is 0 Å². The van der Waals surface area contributed by atoms with Crippen LogP contribution in [0.15, 0.2) is 0 Å². The molecule has 0 aromatic heterocycles. The van der Waals surface area contributed by atoms with E-state index in [0.717, 1.165) is 17.8 Å². The number of hydrogen-bond donors (Lipinski definition) is 1. The van der Waals surface area contributed by atoms with Gasteiger partial charge in [0.2, 0.25) is 0 Å². The zero-order chi connectivity index (χ0) is 10.7. The molecule has 4 unspecified atom stereocenters. The highest BCUT2D eigenvalue weighted by Crippen LogP contribution is 2.49. The Balaban J connectivity index is 1.65. The second-order valence-corrected chi connectivity index (χ2v) is 5.85. The average Bonchev–Trinajstić information content (AvgIpc) is 2.85. The molecule has 0 aromatic rings. The summed E-state index contributed by atoms with van der Waals surface area (Å²) in [5.41, 5.74) is 6.35. The summed E-state index contributed by atoms with van der Waals surface area (Å²) in [4.78, 5) is 0. The van der Waals surface area contributed by atoms with Crippen LogP contribution in [-0.4, -0.2) is 6.04 Å². The molecule has 1 heteroatoms. The van der Waals surface area contributed by atoms with E-state index in [2.05, 4.69) is 6.92 Å². The molecular formula is C14H27N. The molecule has 2 N–H and O–H groups in total. The predicted octanol–water partition coefficient (Wildman–Crippen LogP) is 3.72. The lowest BCUT2D eigenvalue weighted by Gasteiger charge is -2.27. The predicted molar refractivity (Wildman–Crippen MR) is 65.7 cm³/mol. The maximum absolute atomic E-state index is 6.35. The molecule has 0 aliphatic heterocycles. The van der Waals surface area contributed by atoms with Gasteiger partial charge < -0.3 is 5.73 Å². The SMILES string of the molecule is CCCCCCC(N)C1CC2CCC1C2. The van der Waals surface area contributed by atoms with Crippen LogP contribution < -0.4 is 5.73 Å². The molecule has 0 spiro atoms. The molecule has 0 amide bonds. The Morgan fingerprint density at radius 2 is 2.00 bits per heavy atom. The van der Waals surface area contributed by atoms with Crippen molar-refractivity contribution >= 4 is 0 Å². The first kappa shape index (κ1) is 11.4. The van der Waals surface area contributed by atoms with E-state index in [0.29, 0.717) is 6.04 Å². The number of unbranched alkanes of at least 4 members (excludes halogenated alkanes) is 3. The van der Waals surface area contributed by atoms with Crippen molar-refractivity contribution in [3.05, 3.63) is 0 Å².